The van der Waals surface area contributed by atoms with E-state index in [0.29, 0.717) is 37.4 Å². The fourth-order valence-electron chi connectivity index (χ4n) is 3.81. The highest BCUT2D eigenvalue weighted by atomic mass is 35.5. The summed E-state index contributed by atoms with van der Waals surface area (Å²) in [5.74, 6) is 0.773. The summed E-state index contributed by atoms with van der Waals surface area (Å²) in [4.78, 5) is 19.1. The molecule has 0 bridgehead atoms. The number of benzene rings is 1. The Hall–Kier alpha value is -2.15. The van der Waals surface area contributed by atoms with Gasteiger partial charge in [-0.2, -0.15) is 0 Å². The Kier molecular flexibility index (Phi) is 5.80. The molecule has 4 rings (SSSR count). The van der Waals surface area contributed by atoms with Crippen LogP contribution in [0.2, 0.25) is 5.02 Å². The number of rotatable bonds is 5. The quantitative estimate of drug-likeness (QED) is 0.802. The number of aryl methyl sites for hydroxylation is 1. The minimum Gasteiger partial charge on any atom is -0.479 e. The number of hydrogen-bond donors (Lipinski definition) is 2. The van der Waals surface area contributed by atoms with E-state index in [1.807, 2.05) is 29.2 Å². The van der Waals surface area contributed by atoms with E-state index in [1.54, 1.807) is 6.20 Å². The average molecular weight is 402 g/mol. The number of nitrogens with one attached hydrogen (secondary N) is 1. The summed E-state index contributed by atoms with van der Waals surface area (Å²) in [7, 11) is 0. The van der Waals surface area contributed by atoms with Crippen LogP contribution >= 0.6 is 11.6 Å². The molecule has 1 atom stereocenters. The molecular formula is C21H24ClN3O3. The molecule has 2 aliphatic rings. The molecule has 1 aromatic heterocycles. The Balaban J connectivity index is 1.60. The lowest BCUT2D eigenvalue weighted by Crippen LogP contribution is -2.50. The molecule has 0 radical (unpaired) electrons. The van der Waals surface area contributed by atoms with Gasteiger partial charge in [-0.25, -0.2) is 0 Å². The first-order chi connectivity index (χ1) is 13.7. The van der Waals surface area contributed by atoms with E-state index in [0.717, 1.165) is 41.2 Å². The van der Waals surface area contributed by atoms with Crippen molar-refractivity contribution in [2.45, 2.75) is 25.4 Å². The predicted octanol–water partition coefficient (Wildman–Crippen LogP) is 2.06. The van der Waals surface area contributed by atoms with Gasteiger partial charge in [-0.15, -0.1) is 0 Å². The number of ether oxygens (including phenoxy) is 1. The van der Waals surface area contributed by atoms with Crippen molar-refractivity contribution < 1.29 is 14.6 Å². The number of halogens is 1. The zero-order valence-corrected chi connectivity index (χ0v) is 16.4. The van der Waals surface area contributed by atoms with Crippen molar-refractivity contribution in [3.63, 3.8) is 0 Å². The fourth-order valence-corrected chi connectivity index (χ4v) is 4.05. The molecule has 3 heterocycles. The summed E-state index contributed by atoms with van der Waals surface area (Å²) >= 11 is 6.37. The highest BCUT2D eigenvalue weighted by Crippen LogP contribution is 2.41. The first-order valence-corrected chi connectivity index (χ1v) is 10.1. The molecule has 1 amide bonds. The highest BCUT2D eigenvalue weighted by molar-refractivity contribution is 6.31. The second-order valence-corrected chi connectivity index (χ2v) is 7.63. The zero-order chi connectivity index (χ0) is 19.5. The van der Waals surface area contributed by atoms with Gasteiger partial charge in [-0.1, -0.05) is 11.6 Å². The van der Waals surface area contributed by atoms with E-state index in [9.17, 15) is 4.79 Å². The molecule has 2 aliphatic heterocycles. The molecule has 0 saturated carbocycles. The highest BCUT2D eigenvalue weighted by Gasteiger charge is 2.34. The number of nitrogens with zero attached hydrogens (tertiary/aromatic N) is 2. The molecule has 148 valence electrons. The molecule has 1 aromatic carbocycles. The van der Waals surface area contributed by atoms with Crippen molar-refractivity contribution >= 4 is 17.5 Å². The normalized spacial score (nSPS) is 18.6. The first-order valence-electron chi connectivity index (χ1n) is 9.70. The maximum atomic E-state index is 12.9. The van der Waals surface area contributed by atoms with Crippen LogP contribution in [0.25, 0.3) is 11.1 Å². The summed E-state index contributed by atoms with van der Waals surface area (Å²) in [6, 6.07) is 7.68. The molecule has 0 spiro atoms. The zero-order valence-electron chi connectivity index (χ0n) is 15.7. The van der Waals surface area contributed by atoms with Crippen LogP contribution in [0, 0.1) is 0 Å². The fraction of sp³-hybridized carbons (Fsp3) is 0.429. The molecule has 2 aromatic rings. The van der Waals surface area contributed by atoms with E-state index in [1.165, 1.54) is 0 Å². The topological polar surface area (TPSA) is 74.7 Å². The molecule has 2 N–H and O–H groups in total. The number of amides is 1. The minimum atomic E-state index is -0.499. The summed E-state index contributed by atoms with van der Waals surface area (Å²) in [5.41, 5.74) is 3.71. The third-order valence-electron chi connectivity index (χ3n) is 5.22. The van der Waals surface area contributed by atoms with Gasteiger partial charge in [0.2, 0.25) is 0 Å². The smallest absolute Gasteiger partial charge is 0.264 e. The Morgan fingerprint density at radius 2 is 2.14 bits per heavy atom. The van der Waals surface area contributed by atoms with Crippen LogP contribution in [-0.4, -0.2) is 59.8 Å². The maximum absolute atomic E-state index is 12.9. The number of aliphatic hydroxyl groups is 1. The van der Waals surface area contributed by atoms with Gasteiger partial charge in [-0.3, -0.25) is 9.78 Å². The monoisotopic (exact) mass is 401 g/mol. The van der Waals surface area contributed by atoms with Gasteiger partial charge >= 0.3 is 0 Å². The third kappa shape index (κ3) is 3.99. The molecular weight excluding hydrogens is 378 g/mol. The Bertz CT molecular complexity index is 868. The lowest BCUT2D eigenvalue weighted by molar-refractivity contribution is -0.138. The SMILES string of the molecule is O=C(C1Cc2cc(Cl)cc(-c3ccnc(CCCO)c3)c2O1)N1CCNCC1. The second-order valence-electron chi connectivity index (χ2n) is 7.19. The standard InChI is InChI=1S/C21H24ClN3O3/c22-16-10-15-12-19(21(27)25-7-5-23-6-8-25)28-20(15)18(13-16)14-3-4-24-17(11-14)2-1-9-26/h3-4,10-11,13,19,23,26H,1-2,5-9,12H2. The van der Waals surface area contributed by atoms with Crippen LogP contribution in [0.1, 0.15) is 17.7 Å². The Morgan fingerprint density at radius 1 is 1.32 bits per heavy atom. The molecule has 1 fully saturated rings. The van der Waals surface area contributed by atoms with Crippen LogP contribution in [0.5, 0.6) is 5.75 Å². The van der Waals surface area contributed by atoms with Crippen molar-refractivity contribution in [3.05, 3.63) is 46.7 Å². The number of aliphatic hydroxyl groups excluding tert-OH is 1. The maximum Gasteiger partial charge on any atom is 0.264 e. The lowest BCUT2D eigenvalue weighted by Gasteiger charge is -2.29. The van der Waals surface area contributed by atoms with Crippen LogP contribution in [0.3, 0.4) is 0 Å². The van der Waals surface area contributed by atoms with Gasteiger partial charge in [0.1, 0.15) is 5.75 Å². The van der Waals surface area contributed by atoms with E-state index in [4.69, 9.17) is 21.4 Å². The molecule has 1 saturated heterocycles. The van der Waals surface area contributed by atoms with Crippen LogP contribution in [-0.2, 0) is 17.6 Å². The summed E-state index contributed by atoms with van der Waals surface area (Å²) in [6.07, 6.45) is 3.17. The number of fused-ring (bicyclic) bond motifs is 1. The van der Waals surface area contributed by atoms with Crippen molar-refractivity contribution in [2.75, 3.05) is 32.8 Å². The van der Waals surface area contributed by atoms with Gasteiger partial charge < -0.3 is 20.1 Å². The van der Waals surface area contributed by atoms with Gasteiger partial charge in [0.05, 0.1) is 0 Å². The number of hydrogen-bond acceptors (Lipinski definition) is 5. The number of aromatic nitrogens is 1. The van der Waals surface area contributed by atoms with Crippen molar-refractivity contribution in [1.82, 2.24) is 15.2 Å². The van der Waals surface area contributed by atoms with Gasteiger partial charge in [0.25, 0.3) is 5.91 Å². The van der Waals surface area contributed by atoms with E-state index in [-0.39, 0.29) is 12.5 Å². The average Bonchev–Trinajstić information content (AvgIpc) is 3.15. The number of pyridine rings is 1. The summed E-state index contributed by atoms with van der Waals surface area (Å²) in [5, 5.41) is 12.9. The van der Waals surface area contributed by atoms with Gasteiger partial charge in [-0.05, 0) is 42.7 Å². The second kappa shape index (κ2) is 8.47. The Morgan fingerprint density at radius 3 is 2.93 bits per heavy atom. The number of carbonyl (C=O) groups excluding carboxylic acids is 1. The van der Waals surface area contributed by atoms with Crippen LogP contribution < -0.4 is 10.1 Å². The van der Waals surface area contributed by atoms with Crippen molar-refractivity contribution in [3.8, 4) is 16.9 Å². The van der Waals surface area contributed by atoms with E-state index < -0.39 is 6.10 Å². The molecule has 0 aliphatic carbocycles. The molecule has 6 nitrogen and oxygen atoms in total. The third-order valence-corrected chi connectivity index (χ3v) is 5.44. The number of carbonyl (C=O) groups is 1. The van der Waals surface area contributed by atoms with E-state index >= 15 is 0 Å². The molecule has 7 heteroatoms. The van der Waals surface area contributed by atoms with Gasteiger partial charge in [0, 0.05) is 67.2 Å². The Labute approximate surface area is 169 Å². The minimum absolute atomic E-state index is 0.0399. The summed E-state index contributed by atoms with van der Waals surface area (Å²) in [6.45, 7) is 3.19. The molecule has 28 heavy (non-hydrogen) atoms. The van der Waals surface area contributed by atoms with Crippen LogP contribution in [0.4, 0.5) is 0 Å². The number of piperazine rings is 1. The van der Waals surface area contributed by atoms with E-state index in [2.05, 4.69) is 10.3 Å². The van der Waals surface area contributed by atoms with Crippen molar-refractivity contribution in [1.29, 1.82) is 0 Å². The van der Waals surface area contributed by atoms with Crippen LogP contribution in [0.15, 0.2) is 30.5 Å². The van der Waals surface area contributed by atoms with Gasteiger partial charge in [0.15, 0.2) is 6.10 Å². The lowest BCUT2D eigenvalue weighted by atomic mass is 10.00. The largest absolute Gasteiger partial charge is 0.479 e. The first kappa shape index (κ1) is 19.2. The van der Waals surface area contributed by atoms with Crippen molar-refractivity contribution in [2.24, 2.45) is 0 Å². The predicted molar refractivity (Wildman–Crippen MR) is 108 cm³/mol. The molecule has 1 unspecified atom stereocenters. The summed E-state index contributed by atoms with van der Waals surface area (Å²) < 4.78 is 6.15.